The molecule has 6 nitrogen and oxygen atoms in total. The van der Waals surface area contributed by atoms with Gasteiger partial charge in [0.15, 0.2) is 23.2 Å². The Bertz CT molecular complexity index is 1240. The summed E-state index contributed by atoms with van der Waals surface area (Å²) in [5.41, 5.74) is 0.714. The molecular formula is C24H21F3N4O2. The van der Waals surface area contributed by atoms with Crippen molar-refractivity contribution in [2.75, 3.05) is 0 Å². The third-order valence-corrected chi connectivity index (χ3v) is 6.26. The van der Waals surface area contributed by atoms with Gasteiger partial charge in [-0.25, -0.2) is 17.9 Å². The highest BCUT2D eigenvalue weighted by Crippen LogP contribution is 2.38. The first-order valence-electron chi connectivity index (χ1n) is 10.5. The smallest absolute Gasteiger partial charge is 0.196 e. The Morgan fingerprint density at radius 3 is 2.55 bits per heavy atom. The lowest BCUT2D eigenvalue weighted by molar-refractivity contribution is 0.0991. The maximum atomic E-state index is 14.2. The standard InChI is InChI=1S/C24H21F3N4O2/c1-14-17(12-30-31(14)19-4-3-18(25)22(26)23(19)27)20(33)10-15-2-5-21(29-11-15)24(13-28)8-6-16(32)7-9-24/h2-5,11-12,16,32H,6-10H2,1H3. The molecule has 2 heterocycles. The predicted molar refractivity (Wildman–Crippen MR) is 112 cm³/mol. The van der Waals surface area contributed by atoms with Crippen molar-refractivity contribution in [1.29, 1.82) is 5.26 Å². The molecule has 3 aromatic rings. The number of hydrogen-bond donors (Lipinski definition) is 1. The minimum absolute atomic E-state index is 0.00164. The summed E-state index contributed by atoms with van der Waals surface area (Å²) < 4.78 is 42.0. The summed E-state index contributed by atoms with van der Waals surface area (Å²) in [6, 6.07) is 7.67. The fourth-order valence-electron chi connectivity index (χ4n) is 4.22. The highest BCUT2D eigenvalue weighted by atomic mass is 19.2. The largest absolute Gasteiger partial charge is 0.393 e. The van der Waals surface area contributed by atoms with Crippen LogP contribution in [0.1, 0.15) is 53.0 Å². The Morgan fingerprint density at radius 2 is 1.91 bits per heavy atom. The number of Topliss-reactive ketones (excluding diaryl/α,β-unsaturated/α-hetero) is 1. The number of aliphatic hydroxyl groups excluding tert-OH is 1. The first-order chi connectivity index (χ1) is 15.8. The van der Waals surface area contributed by atoms with Gasteiger partial charge in [-0.05, 0) is 56.4 Å². The zero-order valence-electron chi connectivity index (χ0n) is 17.9. The van der Waals surface area contributed by atoms with E-state index in [1.807, 2.05) is 0 Å². The molecule has 1 aliphatic rings. The van der Waals surface area contributed by atoms with Crippen molar-refractivity contribution in [3.63, 3.8) is 0 Å². The summed E-state index contributed by atoms with van der Waals surface area (Å²) in [5, 5.41) is 23.4. The van der Waals surface area contributed by atoms with E-state index < -0.39 is 29.0 Å². The molecule has 1 aromatic carbocycles. The van der Waals surface area contributed by atoms with E-state index in [0.717, 1.165) is 16.8 Å². The molecule has 0 aliphatic heterocycles. The summed E-state index contributed by atoms with van der Waals surface area (Å²) in [6.45, 7) is 1.54. The van der Waals surface area contributed by atoms with E-state index in [1.54, 1.807) is 18.3 Å². The SMILES string of the molecule is Cc1c(C(=O)Cc2ccc(C3(C#N)CCC(O)CC3)nc2)cnn1-c1ccc(F)c(F)c1F. The molecule has 0 atom stereocenters. The van der Waals surface area contributed by atoms with Crippen LogP contribution in [0, 0.1) is 35.7 Å². The third-order valence-electron chi connectivity index (χ3n) is 6.26. The Labute approximate surface area is 188 Å². The van der Waals surface area contributed by atoms with Crippen molar-refractivity contribution in [1.82, 2.24) is 14.8 Å². The van der Waals surface area contributed by atoms with Crippen LogP contribution >= 0.6 is 0 Å². The van der Waals surface area contributed by atoms with Crippen LogP contribution in [0.3, 0.4) is 0 Å². The van der Waals surface area contributed by atoms with Gasteiger partial charge in [0.05, 0.1) is 40.7 Å². The molecular weight excluding hydrogens is 433 g/mol. The second kappa shape index (κ2) is 8.79. The van der Waals surface area contributed by atoms with Gasteiger partial charge in [-0.3, -0.25) is 9.78 Å². The molecule has 0 spiro atoms. The van der Waals surface area contributed by atoms with Crippen molar-refractivity contribution < 1.29 is 23.1 Å². The van der Waals surface area contributed by atoms with Gasteiger partial charge in [0.1, 0.15) is 5.69 Å². The number of nitriles is 1. The molecule has 0 amide bonds. The van der Waals surface area contributed by atoms with Crippen LogP contribution in [0.2, 0.25) is 0 Å². The number of nitrogens with zero attached hydrogens (tertiary/aromatic N) is 4. The second-order valence-corrected chi connectivity index (χ2v) is 8.33. The number of halogens is 3. The molecule has 0 radical (unpaired) electrons. The van der Waals surface area contributed by atoms with Crippen LogP contribution in [0.15, 0.2) is 36.7 Å². The summed E-state index contributed by atoms with van der Waals surface area (Å²) >= 11 is 0. The predicted octanol–water partition coefficient (Wildman–Crippen LogP) is 4.11. The molecule has 9 heteroatoms. The van der Waals surface area contributed by atoms with E-state index in [-0.39, 0.29) is 23.5 Å². The molecule has 1 saturated carbocycles. The van der Waals surface area contributed by atoms with Crippen LogP contribution in [0.5, 0.6) is 0 Å². The number of rotatable bonds is 5. The highest BCUT2D eigenvalue weighted by molar-refractivity contribution is 5.98. The number of benzene rings is 1. The van der Waals surface area contributed by atoms with Crippen LogP contribution in [-0.4, -0.2) is 31.8 Å². The Kier molecular flexibility index (Phi) is 6.04. The average Bonchev–Trinajstić information content (AvgIpc) is 3.20. The molecule has 0 unspecified atom stereocenters. The molecule has 0 saturated heterocycles. The molecule has 170 valence electrons. The monoisotopic (exact) mass is 454 g/mol. The Morgan fingerprint density at radius 1 is 1.18 bits per heavy atom. The van der Waals surface area contributed by atoms with Crippen molar-refractivity contribution >= 4 is 5.78 Å². The molecule has 33 heavy (non-hydrogen) atoms. The van der Waals surface area contributed by atoms with Crippen LogP contribution < -0.4 is 0 Å². The Hall–Kier alpha value is -3.51. The zero-order valence-corrected chi connectivity index (χ0v) is 17.9. The van der Waals surface area contributed by atoms with E-state index in [0.29, 0.717) is 42.6 Å². The van der Waals surface area contributed by atoms with Crippen molar-refractivity contribution in [2.24, 2.45) is 0 Å². The molecule has 1 fully saturated rings. The first-order valence-corrected chi connectivity index (χ1v) is 10.5. The van der Waals surface area contributed by atoms with Crippen molar-refractivity contribution in [3.05, 3.63) is 76.6 Å². The molecule has 1 aliphatic carbocycles. The van der Waals surface area contributed by atoms with Crippen molar-refractivity contribution in [2.45, 2.75) is 50.5 Å². The van der Waals surface area contributed by atoms with Crippen LogP contribution in [-0.2, 0) is 11.8 Å². The minimum atomic E-state index is -1.61. The summed E-state index contributed by atoms with van der Waals surface area (Å²) in [4.78, 5) is 17.3. The fourth-order valence-corrected chi connectivity index (χ4v) is 4.22. The maximum absolute atomic E-state index is 14.2. The van der Waals surface area contributed by atoms with Crippen molar-refractivity contribution in [3.8, 4) is 11.8 Å². The molecule has 0 bridgehead atoms. The second-order valence-electron chi connectivity index (χ2n) is 8.33. The Balaban J connectivity index is 1.53. The van der Waals surface area contributed by atoms with Crippen LogP contribution in [0.4, 0.5) is 13.2 Å². The first kappa shape index (κ1) is 22.7. The number of ketones is 1. The lowest BCUT2D eigenvalue weighted by atomic mass is 9.72. The molecule has 4 rings (SSSR count). The van der Waals surface area contributed by atoms with Gasteiger partial charge in [-0.2, -0.15) is 10.4 Å². The highest BCUT2D eigenvalue weighted by Gasteiger charge is 2.38. The van der Waals surface area contributed by atoms with Gasteiger partial charge in [0.25, 0.3) is 0 Å². The lowest BCUT2D eigenvalue weighted by Crippen LogP contribution is -2.33. The summed E-state index contributed by atoms with van der Waals surface area (Å²) in [6.07, 6.45) is 4.54. The van der Waals surface area contributed by atoms with Gasteiger partial charge >= 0.3 is 0 Å². The van der Waals surface area contributed by atoms with E-state index >= 15 is 0 Å². The number of aliphatic hydroxyl groups is 1. The van der Waals surface area contributed by atoms with Gasteiger partial charge in [-0.15, -0.1) is 0 Å². The van der Waals surface area contributed by atoms with E-state index in [2.05, 4.69) is 16.2 Å². The fraction of sp³-hybridized carbons (Fsp3) is 0.333. The molecule has 2 aromatic heterocycles. The van der Waals surface area contributed by atoms with Gasteiger partial charge in [0.2, 0.25) is 0 Å². The number of carbonyl (C=O) groups is 1. The number of hydrogen-bond acceptors (Lipinski definition) is 5. The average molecular weight is 454 g/mol. The summed E-state index contributed by atoms with van der Waals surface area (Å²) in [5.74, 6) is -4.60. The van der Waals surface area contributed by atoms with Gasteiger partial charge in [0, 0.05) is 12.6 Å². The number of carbonyl (C=O) groups excluding carboxylic acids is 1. The molecule has 1 N–H and O–H groups in total. The number of pyridine rings is 1. The van der Waals surface area contributed by atoms with E-state index in [1.165, 1.54) is 13.1 Å². The van der Waals surface area contributed by atoms with Gasteiger partial charge < -0.3 is 5.11 Å². The van der Waals surface area contributed by atoms with E-state index in [9.17, 15) is 28.3 Å². The normalized spacial score (nSPS) is 20.4. The quantitative estimate of drug-likeness (QED) is 0.463. The maximum Gasteiger partial charge on any atom is 0.196 e. The topological polar surface area (TPSA) is 91.8 Å². The minimum Gasteiger partial charge on any atom is -0.393 e. The number of aromatic nitrogens is 3. The van der Waals surface area contributed by atoms with Crippen LogP contribution in [0.25, 0.3) is 5.69 Å². The summed E-state index contributed by atoms with van der Waals surface area (Å²) in [7, 11) is 0. The lowest BCUT2D eigenvalue weighted by Gasteiger charge is -2.32. The van der Waals surface area contributed by atoms with E-state index in [4.69, 9.17) is 0 Å². The van der Waals surface area contributed by atoms with Gasteiger partial charge in [-0.1, -0.05) is 6.07 Å². The zero-order chi connectivity index (χ0) is 23.8. The third kappa shape index (κ3) is 4.14.